The van der Waals surface area contributed by atoms with Gasteiger partial charge in [-0.1, -0.05) is 6.07 Å². The molecule has 0 spiro atoms. The van der Waals surface area contributed by atoms with Gasteiger partial charge in [-0.05, 0) is 49.9 Å². The van der Waals surface area contributed by atoms with E-state index in [4.69, 9.17) is 15.2 Å². The van der Waals surface area contributed by atoms with E-state index in [1.807, 2.05) is 42.0 Å². The predicted molar refractivity (Wildman–Crippen MR) is 129 cm³/mol. The third-order valence-electron chi connectivity index (χ3n) is 6.31. The van der Waals surface area contributed by atoms with Gasteiger partial charge in [0.25, 0.3) is 0 Å². The first-order chi connectivity index (χ1) is 16.0. The predicted octanol–water partition coefficient (Wildman–Crippen LogP) is 3.42. The molecule has 0 radical (unpaired) electrons. The molecule has 2 atom stereocenters. The fraction of sp³-hybridized carbons (Fsp3) is 0.400. The Bertz CT molecular complexity index is 1330. The molecule has 2 N–H and O–H groups in total. The van der Waals surface area contributed by atoms with Crippen LogP contribution in [0.25, 0.3) is 33.1 Å². The van der Waals surface area contributed by atoms with Crippen LogP contribution in [0.15, 0.2) is 47.5 Å². The largest absolute Gasteiger partial charge is 0.478 e. The first-order valence-electron chi connectivity index (χ1n) is 11.4. The minimum atomic E-state index is -0.0323. The smallest absolute Gasteiger partial charge is 0.329 e. The third-order valence-corrected chi connectivity index (χ3v) is 6.31. The number of rotatable bonds is 6. The molecule has 4 heterocycles. The summed E-state index contributed by atoms with van der Waals surface area (Å²) in [5.74, 6) is 0.582. The summed E-state index contributed by atoms with van der Waals surface area (Å²) in [5.41, 5.74) is 10.3. The highest BCUT2D eigenvalue weighted by atomic mass is 16.5. The lowest BCUT2D eigenvalue weighted by Crippen LogP contribution is -2.31. The van der Waals surface area contributed by atoms with E-state index in [1.54, 1.807) is 17.8 Å². The number of aromatic nitrogens is 4. The highest BCUT2D eigenvalue weighted by Crippen LogP contribution is 2.31. The van der Waals surface area contributed by atoms with E-state index in [2.05, 4.69) is 16.0 Å². The Balaban J connectivity index is 1.56. The second-order valence-corrected chi connectivity index (χ2v) is 8.81. The fourth-order valence-corrected chi connectivity index (χ4v) is 4.46. The third kappa shape index (κ3) is 4.12. The van der Waals surface area contributed by atoms with Crippen molar-refractivity contribution in [3.05, 3.63) is 53.2 Å². The first-order valence-corrected chi connectivity index (χ1v) is 11.4. The summed E-state index contributed by atoms with van der Waals surface area (Å²) in [6.07, 6.45) is 6.25. The molecule has 5 rings (SSSR count). The molecule has 1 fully saturated rings. The number of hydrogen-bond acceptors (Lipinski definition) is 6. The lowest BCUT2D eigenvalue weighted by Gasteiger charge is -2.23. The maximum atomic E-state index is 13.2. The summed E-state index contributed by atoms with van der Waals surface area (Å²) >= 11 is 0. The Kier molecular flexibility index (Phi) is 5.86. The standard InChI is InChI=1S/C25H29N5O3/c1-16(26)9-11-33-23-8-6-18(13-28-23)17-5-7-21-20(12-17)24-22(14-27-21)29(2)25(31)30(24)19-4-3-10-32-15-19/h5-8,12-14,16,19H,3-4,9-11,15,26H2,1-2H3/t16?,19-/m0/s1. The SMILES string of the molecule is CC(N)CCOc1ccc(-c2ccc3ncc4c(c3c2)n([C@H]2CCCOC2)c(=O)n4C)cn1. The lowest BCUT2D eigenvalue weighted by atomic mass is 10.0. The summed E-state index contributed by atoms with van der Waals surface area (Å²) in [7, 11) is 1.80. The van der Waals surface area contributed by atoms with E-state index < -0.39 is 0 Å². The van der Waals surface area contributed by atoms with Gasteiger partial charge in [-0.3, -0.25) is 14.1 Å². The lowest BCUT2D eigenvalue weighted by molar-refractivity contribution is 0.0593. The minimum Gasteiger partial charge on any atom is -0.478 e. The average Bonchev–Trinajstić information content (AvgIpc) is 3.10. The molecule has 172 valence electrons. The Morgan fingerprint density at radius 2 is 2.06 bits per heavy atom. The van der Waals surface area contributed by atoms with Crippen LogP contribution in [0.4, 0.5) is 0 Å². The molecular formula is C25H29N5O3. The number of hydrogen-bond donors (Lipinski definition) is 1. The molecule has 0 bridgehead atoms. The number of ether oxygens (including phenoxy) is 2. The van der Waals surface area contributed by atoms with Crippen LogP contribution < -0.4 is 16.2 Å². The summed E-state index contributed by atoms with van der Waals surface area (Å²) in [6, 6.07) is 10.1. The minimum absolute atomic E-state index is 0.0264. The van der Waals surface area contributed by atoms with E-state index in [1.165, 1.54) is 0 Å². The van der Waals surface area contributed by atoms with Gasteiger partial charge in [0.1, 0.15) is 0 Å². The van der Waals surface area contributed by atoms with Crippen LogP contribution in [0.3, 0.4) is 0 Å². The zero-order valence-electron chi connectivity index (χ0n) is 19.0. The van der Waals surface area contributed by atoms with Gasteiger partial charge in [0.05, 0.1) is 42.0 Å². The van der Waals surface area contributed by atoms with E-state index in [0.717, 1.165) is 58.9 Å². The molecule has 1 unspecified atom stereocenters. The van der Waals surface area contributed by atoms with Crippen molar-refractivity contribution in [3.63, 3.8) is 0 Å². The first kappa shape index (κ1) is 21.6. The van der Waals surface area contributed by atoms with E-state index >= 15 is 0 Å². The van der Waals surface area contributed by atoms with Crippen molar-refractivity contribution in [3.8, 4) is 17.0 Å². The van der Waals surface area contributed by atoms with Gasteiger partial charge in [0.15, 0.2) is 0 Å². The van der Waals surface area contributed by atoms with Gasteiger partial charge >= 0.3 is 5.69 Å². The van der Waals surface area contributed by atoms with Crippen LogP contribution in [0.1, 0.15) is 32.2 Å². The average molecular weight is 448 g/mol. The Morgan fingerprint density at radius 1 is 1.21 bits per heavy atom. The second-order valence-electron chi connectivity index (χ2n) is 8.81. The molecule has 0 aliphatic carbocycles. The zero-order valence-corrected chi connectivity index (χ0v) is 19.0. The Labute approximate surface area is 192 Å². The number of imidazole rings is 1. The number of fused-ring (bicyclic) bond motifs is 3. The van der Waals surface area contributed by atoms with E-state index in [0.29, 0.717) is 19.1 Å². The Hall–Kier alpha value is -3.23. The fourth-order valence-electron chi connectivity index (χ4n) is 4.46. The number of aryl methyl sites for hydroxylation is 1. The van der Waals surface area contributed by atoms with Crippen LogP contribution in [-0.4, -0.2) is 45.0 Å². The van der Waals surface area contributed by atoms with E-state index in [-0.39, 0.29) is 17.8 Å². The van der Waals surface area contributed by atoms with Crippen LogP contribution in [0.2, 0.25) is 0 Å². The number of pyridine rings is 2. The van der Waals surface area contributed by atoms with Crippen LogP contribution in [0, 0.1) is 0 Å². The highest BCUT2D eigenvalue weighted by molar-refractivity contribution is 6.04. The zero-order chi connectivity index (χ0) is 22.9. The summed E-state index contributed by atoms with van der Waals surface area (Å²) in [5, 5.41) is 0.950. The van der Waals surface area contributed by atoms with Crippen molar-refractivity contribution < 1.29 is 9.47 Å². The normalized spacial score (nSPS) is 17.5. The molecule has 8 heteroatoms. The molecule has 3 aromatic heterocycles. The van der Waals surface area contributed by atoms with Gasteiger partial charge in [0, 0.05) is 42.9 Å². The molecule has 1 aliphatic rings. The van der Waals surface area contributed by atoms with Gasteiger partial charge in [-0.2, -0.15) is 0 Å². The molecule has 8 nitrogen and oxygen atoms in total. The van der Waals surface area contributed by atoms with Crippen LogP contribution in [0.5, 0.6) is 5.88 Å². The maximum Gasteiger partial charge on any atom is 0.329 e. The summed E-state index contributed by atoms with van der Waals surface area (Å²) < 4.78 is 15.0. The highest BCUT2D eigenvalue weighted by Gasteiger charge is 2.23. The van der Waals surface area contributed by atoms with Crippen molar-refractivity contribution in [2.45, 2.75) is 38.3 Å². The molecule has 0 amide bonds. The monoisotopic (exact) mass is 447 g/mol. The van der Waals surface area contributed by atoms with Gasteiger partial charge < -0.3 is 15.2 Å². The number of benzene rings is 1. The van der Waals surface area contributed by atoms with Crippen molar-refractivity contribution in [2.24, 2.45) is 12.8 Å². The molecule has 0 saturated carbocycles. The molecule has 1 aromatic carbocycles. The van der Waals surface area contributed by atoms with Gasteiger partial charge in [-0.15, -0.1) is 0 Å². The number of nitrogens with two attached hydrogens (primary N) is 1. The molecular weight excluding hydrogens is 418 g/mol. The van der Waals surface area contributed by atoms with E-state index in [9.17, 15) is 4.79 Å². The maximum absolute atomic E-state index is 13.2. The quantitative estimate of drug-likeness (QED) is 0.486. The van der Waals surface area contributed by atoms with Crippen molar-refractivity contribution >= 4 is 21.9 Å². The summed E-state index contributed by atoms with van der Waals surface area (Å²) in [4.78, 5) is 22.2. The second kappa shape index (κ2) is 8.96. The summed E-state index contributed by atoms with van der Waals surface area (Å²) in [6.45, 7) is 3.80. The van der Waals surface area contributed by atoms with Crippen LogP contribution >= 0.6 is 0 Å². The van der Waals surface area contributed by atoms with Crippen LogP contribution in [-0.2, 0) is 11.8 Å². The molecule has 1 saturated heterocycles. The molecule has 33 heavy (non-hydrogen) atoms. The van der Waals surface area contributed by atoms with Crippen molar-refractivity contribution in [1.29, 1.82) is 0 Å². The topological polar surface area (TPSA) is 97.2 Å². The van der Waals surface area contributed by atoms with Gasteiger partial charge in [-0.25, -0.2) is 9.78 Å². The molecule has 1 aliphatic heterocycles. The van der Waals surface area contributed by atoms with Crippen molar-refractivity contribution in [2.75, 3.05) is 19.8 Å². The Morgan fingerprint density at radius 3 is 2.79 bits per heavy atom. The van der Waals surface area contributed by atoms with Crippen molar-refractivity contribution in [1.82, 2.24) is 19.1 Å². The molecule has 4 aromatic rings. The number of nitrogens with zero attached hydrogens (tertiary/aromatic N) is 4. The van der Waals surface area contributed by atoms with Gasteiger partial charge in [0.2, 0.25) is 5.88 Å².